The van der Waals surface area contributed by atoms with E-state index in [1.54, 1.807) is 24.5 Å². The van der Waals surface area contributed by atoms with Crippen molar-refractivity contribution < 1.29 is 18.4 Å². The zero-order chi connectivity index (χ0) is 19.7. The van der Waals surface area contributed by atoms with Gasteiger partial charge in [0.05, 0.1) is 35.3 Å². The van der Waals surface area contributed by atoms with E-state index in [9.17, 15) is 9.59 Å². The molecule has 28 heavy (non-hydrogen) atoms. The lowest BCUT2D eigenvalue weighted by Crippen LogP contribution is -2.30. The number of benzene rings is 1. The van der Waals surface area contributed by atoms with Crippen LogP contribution in [0.4, 0.5) is 0 Å². The van der Waals surface area contributed by atoms with Gasteiger partial charge in [0, 0.05) is 0 Å². The molecule has 1 aromatic carbocycles. The molecule has 0 N–H and O–H groups in total. The third-order valence-electron chi connectivity index (χ3n) is 4.61. The van der Waals surface area contributed by atoms with Crippen LogP contribution in [0, 0.1) is 13.8 Å². The number of hydrogen-bond donors (Lipinski definition) is 0. The Morgan fingerprint density at radius 1 is 0.929 bits per heavy atom. The van der Waals surface area contributed by atoms with Gasteiger partial charge in [-0.1, -0.05) is 23.8 Å². The second-order valence-corrected chi connectivity index (χ2v) is 7.65. The van der Waals surface area contributed by atoms with E-state index in [1.165, 1.54) is 22.9 Å². The molecule has 0 atom stereocenters. The molecule has 5 nitrogen and oxygen atoms in total. The van der Waals surface area contributed by atoms with Crippen molar-refractivity contribution in [2.75, 3.05) is 0 Å². The van der Waals surface area contributed by atoms with E-state index in [0.29, 0.717) is 22.0 Å². The molecule has 2 aromatic heterocycles. The summed E-state index contributed by atoms with van der Waals surface area (Å²) in [6, 6.07) is 13.0. The highest BCUT2D eigenvalue weighted by Crippen LogP contribution is 2.39. The summed E-state index contributed by atoms with van der Waals surface area (Å²) in [7, 11) is 0. The molecule has 2 amide bonds. The van der Waals surface area contributed by atoms with Crippen molar-refractivity contribution in [1.82, 2.24) is 4.90 Å². The zero-order valence-corrected chi connectivity index (χ0v) is 16.4. The van der Waals surface area contributed by atoms with Gasteiger partial charge in [-0.3, -0.25) is 14.5 Å². The summed E-state index contributed by atoms with van der Waals surface area (Å²) >= 11 is 1.33. The first-order chi connectivity index (χ1) is 13.5. The lowest BCUT2D eigenvalue weighted by molar-refractivity contribution is -0.137. The molecule has 0 saturated carbocycles. The number of furan rings is 2. The number of rotatable bonds is 6. The summed E-state index contributed by atoms with van der Waals surface area (Å²) in [6.07, 6.45) is 3.13. The Morgan fingerprint density at radius 2 is 1.64 bits per heavy atom. The maximum Gasteiger partial charge on any atom is 0.268 e. The highest BCUT2D eigenvalue weighted by atomic mass is 32.2. The summed E-state index contributed by atoms with van der Waals surface area (Å²) in [5.41, 5.74) is 3.31. The van der Waals surface area contributed by atoms with Crippen LogP contribution >= 0.6 is 11.8 Å². The molecule has 0 unspecified atom stereocenters. The van der Waals surface area contributed by atoms with Gasteiger partial charge in [-0.05, 0) is 49.2 Å². The van der Waals surface area contributed by atoms with Crippen molar-refractivity contribution in [3.63, 3.8) is 0 Å². The third kappa shape index (κ3) is 3.43. The Hall–Kier alpha value is -2.99. The van der Waals surface area contributed by atoms with Crippen LogP contribution in [0.25, 0.3) is 5.57 Å². The first kappa shape index (κ1) is 18.4. The fourth-order valence-corrected chi connectivity index (χ4v) is 4.29. The first-order valence-corrected chi connectivity index (χ1v) is 9.89. The van der Waals surface area contributed by atoms with Crippen LogP contribution in [0.1, 0.15) is 28.2 Å². The molecule has 0 aliphatic carbocycles. The second-order valence-electron chi connectivity index (χ2n) is 6.67. The SMILES string of the molecule is Cc1ccc(C2=C(SCc3ccco3)C(=O)N(Cc3ccco3)C2=O)c(C)c1. The minimum Gasteiger partial charge on any atom is -0.468 e. The predicted octanol–water partition coefficient (Wildman–Crippen LogP) is 4.70. The Balaban J connectivity index is 1.72. The zero-order valence-electron chi connectivity index (χ0n) is 15.6. The van der Waals surface area contributed by atoms with Crippen molar-refractivity contribution in [3.05, 3.63) is 88.1 Å². The normalized spacial score (nSPS) is 14.4. The van der Waals surface area contributed by atoms with Crippen molar-refractivity contribution in [2.24, 2.45) is 0 Å². The number of imide groups is 1. The summed E-state index contributed by atoms with van der Waals surface area (Å²) in [5.74, 6) is 1.20. The molecule has 0 fully saturated rings. The van der Waals surface area contributed by atoms with Crippen LogP contribution in [0.5, 0.6) is 0 Å². The maximum atomic E-state index is 13.2. The number of thioether (sulfide) groups is 1. The second kappa shape index (κ2) is 7.56. The quantitative estimate of drug-likeness (QED) is 0.568. The van der Waals surface area contributed by atoms with E-state index in [0.717, 1.165) is 22.5 Å². The summed E-state index contributed by atoms with van der Waals surface area (Å²) < 4.78 is 10.7. The molecule has 6 heteroatoms. The van der Waals surface area contributed by atoms with Gasteiger partial charge < -0.3 is 8.83 Å². The molecule has 3 heterocycles. The molecule has 1 aliphatic heterocycles. The van der Waals surface area contributed by atoms with Crippen LogP contribution in [-0.4, -0.2) is 16.7 Å². The number of aryl methyl sites for hydroxylation is 2. The Kier molecular flexibility index (Phi) is 4.96. The van der Waals surface area contributed by atoms with E-state index in [-0.39, 0.29) is 18.4 Å². The molecule has 4 rings (SSSR count). The molecule has 142 valence electrons. The van der Waals surface area contributed by atoms with Gasteiger partial charge in [0.1, 0.15) is 11.5 Å². The number of amides is 2. The molecule has 0 radical (unpaired) electrons. The molecule has 1 aliphatic rings. The number of nitrogens with zero attached hydrogens (tertiary/aromatic N) is 1. The molecule has 3 aromatic rings. The van der Waals surface area contributed by atoms with Crippen LogP contribution in [0.15, 0.2) is 68.7 Å². The topological polar surface area (TPSA) is 63.7 Å². The Bertz CT molecular complexity index is 1050. The van der Waals surface area contributed by atoms with E-state index in [1.807, 2.05) is 38.1 Å². The van der Waals surface area contributed by atoms with Gasteiger partial charge in [0.15, 0.2) is 0 Å². The average molecular weight is 393 g/mol. The third-order valence-corrected chi connectivity index (χ3v) is 5.71. The van der Waals surface area contributed by atoms with Crippen molar-refractivity contribution in [3.8, 4) is 0 Å². The fraction of sp³-hybridized carbons (Fsp3) is 0.182. The molecular weight excluding hydrogens is 374 g/mol. The van der Waals surface area contributed by atoms with Gasteiger partial charge in [-0.2, -0.15) is 0 Å². The first-order valence-electron chi connectivity index (χ1n) is 8.90. The minimum atomic E-state index is -0.298. The molecule has 0 saturated heterocycles. The fourth-order valence-electron chi connectivity index (χ4n) is 3.26. The Labute approximate surface area is 167 Å². The molecule has 0 bridgehead atoms. The Morgan fingerprint density at radius 3 is 2.29 bits per heavy atom. The number of hydrogen-bond acceptors (Lipinski definition) is 5. The highest BCUT2D eigenvalue weighted by Gasteiger charge is 2.40. The maximum absolute atomic E-state index is 13.2. The molecular formula is C22H19NO4S. The van der Waals surface area contributed by atoms with Crippen LogP contribution in [-0.2, 0) is 21.9 Å². The van der Waals surface area contributed by atoms with Gasteiger partial charge in [-0.25, -0.2) is 0 Å². The predicted molar refractivity (Wildman–Crippen MR) is 107 cm³/mol. The van der Waals surface area contributed by atoms with E-state index in [2.05, 4.69) is 0 Å². The van der Waals surface area contributed by atoms with Crippen molar-refractivity contribution in [1.29, 1.82) is 0 Å². The lowest BCUT2D eigenvalue weighted by atomic mass is 9.99. The van der Waals surface area contributed by atoms with Crippen LogP contribution < -0.4 is 0 Å². The number of carbonyl (C=O) groups is 2. The summed E-state index contributed by atoms with van der Waals surface area (Å²) in [6.45, 7) is 4.07. The van der Waals surface area contributed by atoms with Gasteiger partial charge in [0.25, 0.3) is 11.8 Å². The number of carbonyl (C=O) groups excluding carboxylic acids is 2. The van der Waals surface area contributed by atoms with Gasteiger partial charge >= 0.3 is 0 Å². The lowest BCUT2D eigenvalue weighted by Gasteiger charge is -2.13. The van der Waals surface area contributed by atoms with Gasteiger partial charge in [0.2, 0.25) is 0 Å². The highest BCUT2D eigenvalue weighted by molar-refractivity contribution is 8.03. The average Bonchev–Trinajstić information content (AvgIpc) is 3.40. The largest absolute Gasteiger partial charge is 0.468 e. The monoisotopic (exact) mass is 393 g/mol. The van der Waals surface area contributed by atoms with E-state index < -0.39 is 0 Å². The smallest absolute Gasteiger partial charge is 0.268 e. The van der Waals surface area contributed by atoms with Crippen LogP contribution in [0.3, 0.4) is 0 Å². The van der Waals surface area contributed by atoms with Gasteiger partial charge in [-0.15, -0.1) is 11.8 Å². The van der Waals surface area contributed by atoms with Crippen LogP contribution in [0.2, 0.25) is 0 Å². The van der Waals surface area contributed by atoms with Crippen molar-refractivity contribution >= 4 is 29.1 Å². The summed E-state index contributed by atoms with van der Waals surface area (Å²) in [4.78, 5) is 28.0. The minimum absolute atomic E-state index is 0.115. The van der Waals surface area contributed by atoms with Crippen molar-refractivity contribution in [2.45, 2.75) is 26.1 Å². The van der Waals surface area contributed by atoms with E-state index in [4.69, 9.17) is 8.83 Å². The summed E-state index contributed by atoms with van der Waals surface area (Å²) in [5, 5.41) is 0. The van der Waals surface area contributed by atoms with E-state index >= 15 is 0 Å². The standard InChI is InChI=1S/C22H19NO4S/c1-14-7-8-18(15(2)11-14)19-20(28-13-17-6-4-10-27-17)22(25)23(21(19)24)12-16-5-3-9-26-16/h3-11H,12-13H2,1-2H3. The molecule has 0 spiro atoms.